The fourth-order valence-corrected chi connectivity index (χ4v) is 3.23. The second-order valence-electron chi connectivity index (χ2n) is 5.28. The Balaban J connectivity index is 2.14. The van der Waals surface area contributed by atoms with Crippen LogP contribution in [0.15, 0.2) is 49.6 Å². The normalized spacial score (nSPS) is 14.4. The number of halogens is 1. The van der Waals surface area contributed by atoms with Crippen molar-refractivity contribution in [1.82, 2.24) is 29.5 Å². The topological polar surface area (TPSA) is 128 Å². The Bertz CT molecular complexity index is 830. The van der Waals surface area contributed by atoms with Crippen LogP contribution in [0.1, 0.15) is 5.56 Å². The molecule has 0 amide bonds. The maximum absolute atomic E-state index is 14.5. The zero-order valence-electron chi connectivity index (χ0n) is 12.8. The Labute approximate surface area is 141 Å². The van der Waals surface area contributed by atoms with Gasteiger partial charge in [-0.25, -0.2) is 18.6 Å². The van der Waals surface area contributed by atoms with Crippen LogP contribution in [0.3, 0.4) is 0 Å². The lowest BCUT2D eigenvalue weighted by Gasteiger charge is -2.34. The molecule has 132 valence electrons. The van der Waals surface area contributed by atoms with Gasteiger partial charge >= 0.3 is 7.82 Å². The molecule has 0 aliphatic carbocycles. The predicted molar refractivity (Wildman–Crippen MR) is 81.3 cm³/mol. The van der Waals surface area contributed by atoms with E-state index in [0.717, 1.165) is 0 Å². The number of benzene rings is 1. The van der Waals surface area contributed by atoms with E-state index in [-0.39, 0.29) is 18.7 Å². The number of hydrogen-bond acceptors (Lipinski definition) is 6. The van der Waals surface area contributed by atoms with Gasteiger partial charge in [-0.3, -0.25) is 4.52 Å². The third kappa shape index (κ3) is 4.15. The summed E-state index contributed by atoms with van der Waals surface area (Å²) < 4.78 is 34.0. The van der Waals surface area contributed by atoms with Crippen molar-refractivity contribution in [2.24, 2.45) is 0 Å². The van der Waals surface area contributed by atoms with E-state index in [1.54, 1.807) is 6.07 Å². The van der Waals surface area contributed by atoms with Crippen molar-refractivity contribution in [2.75, 3.05) is 0 Å². The van der Waals surface area contributed by atoms with Crippen molar-refractivity contribution in [3.63, 3.8) is 0 Å². The van der Waals surface area contributed by atoms with Crippen LogP contribution in [-0.4, -0.2) is 39.3 Å². The van der Waals surface area contributed by atoms with Gasteiger partial charge in [-0.15, -0.1) is 10.2 Å². The maximum atomic E-state index is 14.5. The van der Waals surface area contributed by atoms with Gasteiger partial charge in [0.05, 0.1) is 13.1 Å². The molecular formula is C13H14FN6O4P. The molecule has 2 N–H and O–H groups in total. The van der Waals surface area contributed by atoms with E-state index in [1.165, 1.54) is 52.8 Å². The molecule has 3 aromatic rings. The highest BCUT2D eigenvalue weighted by atomic mass is 31.2. The standard InChI is InChI=1S/C13H14FN6O4P/c14-12-4-2-1-3-11(12)13(24-25(21,22)23,5-19-9-16-17-10-19)6-20-8-15-7-18-20/h1-4,7-10H,5-6H2,(H2,21,22,23). The van der Waals surface area contributed by atoms with Gasteiger partial charge < -0.3 is 14.4 Å². The van der Waals surface area contributed by atoms with Gasteiger partial charge in [0.2, 0.25) is 0 Å². The van der Waals surface area contributed by atoms with Gasteiger partial charge in [-0.2, -0.15) is 5.10 Å². The van der Waals surface area contributed by atoms with E-state index in [4.69, 9.17) is 4.52 Å². The van der Waals surface area contributed by atoms with E-state index >= 15 is 0 Å². The lowest BCUT2D eigenvalue weighted by atomic mass is 9.93. The zero-order valence-corrected chi connectivity index (χ0v) is 13.6. The SMILES string of the molecule is O=P(O)(O)OC(Cn1cnnc1)(Cn1cncn1)c1ccccc1F. The van der Waals surface area contributed by atoms with Crippen molar-refractivity contribution < 1.29 is 23.3 Å². The molecule has 0 aliphatic heterocycles. The Hall–Kier alpha value is -2.46. The van der Waals surface area contributed by atoms with Gasteiger partial charge in [-0.05, 0) is 6.07 Å². The summed E-state index contributed by atoms with van der Waals surface area (Å²) in [5, 5.41) is 11.2. The average molecular weight is 368 g/mol. The number of aromatic nitrogens is 6. The van der Waals surface area contributed by atoms with Gasteiger partial charge in [-0.1, -0.05) is 18.2 Å². The largest absolute Gasteiger partial charge is 0.470 e. The molecule has 1 aromatic carbocycles. The van der Waals surface area contributed by atoms with Crippen molar-refractivity contribution >= 4 is 7.82 Å². The average Bonchev–Trinajstić information content (AvgIpc) is 3.19. The monoisotopic (exact) mass is 368 g/mol. The van der Waals surface area contributed by atoms with Gasteiger partial charge in [0.1, 0.15) is 36.7 Å². The minimum Gasteiger partial charge on any atom is -0.317 e. The van der Waals surface area contributed by atoms with Crippen molar-refractivity contribution in [2.45, 2.75) is 18.7 Å². The van der Waals surface area contributed by atoms with Gasteiger partial charge in [0.15, 0.2) is 0 Å². The first-order valence-corrected chi connectivity index (χ1v) is 8.57. The lowest BCUT2D eigenvalue weighted by Crippen LogP contribution is -2.39. The summed E-state index contributed by atoms with van der Waals surface area (Å²) >= 11 is 0. The Morgan fingerprint density at radius 3 is 2.48 bits per heavy atom. The highest BCUT2D eigenvalue weighted by molar-refractivity contribution is 7.46. The third-order valence-electron chi connectivity index (χ3n) is 3.45. The first-order chi connectivity index (χ1) is 11.9. The molecule has 0 aliphatic rings. The predicted octanol–water partition coefficient (Wildman–Crippen LogP) is 0.714. The molecule has 10 nitrogen and oxygen atoms in total. The first-order valence-electron chi connectivity index (χ1n) is 7.04. The molecule has 0 radical (unpaired) electrons. The fourth-order valence-electron chi connectivity index (χ4n) is 2.56. The molecule has 0 spiro atoms. The van der Waals surface area contributed by atoms with E-state index in [0.29, 0.717) is 0 Å². The quantitative estimate of drug-likeness (QED) is 0.584. The molecular weight excluding hydrogens is 354 g/mol. The van der Waals surface area contributed by atoms with Crippen LogP contribution in [0, 0.1) is 5.82 Å². The maximum Gasteiger partial charge on any atom is 0.470 e. The molecule has 0 bridgehead atoms. The Morgan fingerprint density at radius 1 is 1.16 bits per heavy atom. The third-order valence-corrected chi connectivity index (χ3v) is 4.03. The number of hydrogen-bond donors (Lipinski definition) is 2. The van der Waals surface area contributed by atoms with Crippen LogP contribution in [0.2, 0.25) is 0 Å². The van der Waals surface area contributed by atoms with Crippen molar-refractivity contribution in [1.29, 1.82) is 0 Å². The van der Waals surface area contributed by atoms with Crippen LogP contribution in [0.5, 0.6) is 0 Å². The minimum absolute atomic E-state index is 0.0393. The van der Waals surface area contributed by atoms with Crippen LogP contribution >= 0.6 is 7.82 Å². The Kier molecular flexibility index (Phi) is 4.73. The summed E-state index contributed by atoms with van der Waals surface area (Å²) in [6.45, 7) is -0.358. The fraction of sp³-hybridized carbons (Fsp3) is 0.231. The molecule has 12 heteroatoms. The number of phosphoric ester groups is 1. The molecule has 1 atom stereocenters. The minimum atomic E-state index is -4.99. The van der Waals surface area contributed by atoms with E-state index in [1.807, 2.05) is 0 Å². The summed E-state index contributed by atoms with van der Waals surface area (Å²) in [7, 11) is -4.99. The molecule has 25 heavy (non-hydrogen) atoms. The van der Waals surface area contributed by atoms with Crippen LogP contribution in [-0.2, 0) is 27.8 Å². The molecule has 0 saturated carbocycles. The summed E-state index contributed by atoms with van der Waals surface area (Å²) in [5.74, 6) is -0.677. The van der Waals surface area contributed by atoms with Crippen molar-refractivity contribution in [3.8, 4) is 0 Å². The lowest BCUT2D eigenvalue weighted by molar-refractivity contribution is -0.00556. The molecule has 0 fully saturated rings. The number of nitrogens with zero attached hydrogens (tertiary/aromatic N) is 6. The summed E-state index contributed by atoms with van der Waals surface area (Å²) in [6.07, 6.45) is 5.26. The summed E-state index contributed by atoms with van der Waals surface area (Å²) in [6, 6.07) is 5.59. The molecule has 3 rings (SSSR count). The Morgan fingerprint density at radius 2 is 1.88 bits per heavy atom. The van der Waals surface area contributed by atoms with Crippen LogP contribution in [0.25, 0.3) is 0 Å². The van der Waals surface area contributed by atoms with E-state index < -0.39 is 19.2 Å². The highest BCUT2D eigenvalue weighted by Gasteiger charge is 2.43. The van der Waals surface area contributed by atoms with E-state index in [2.05, 4.69) is 20.3 Å². The second kappa shape index (κ2) is 6.81. The van der Waals surface area contributed by atoms with E-state index in [9.17, 15) is 18.7 Å². The molecule has 1 unspecified atom stereocenters. The van der Waals surface area contributed by atoms with Gasteiger partial charge in [0.25, 0.3) is 0 Å². The second-order valence-corrected chi connectivity index (χ2v) is 6.45. The van der Waals surface area contributed by atoms with Gasteiger partial charge in [0, 0.05) is 5.56 Å². The highest BCUT2D eigenvalue weighted by Crippen LogP contribution is 2.47. The van der Waals surface area contributed by atoms with Crippen LogP contribution < -0.4 is 0 Å². The number of phosphoric acid groups is 1. The molecule has 2 aromatic heterocycles. The summed E-state index contributed by atoms with van der Waals surface area (Å²) in [5.41, 5.74) is -1.82. The smallest absolute Gasteiger partial charge is 0.317 e. The number of rotatable bonds is 7. The van der Waals surface area contributed by atoms with Crippen LogP contribution in [0.4, 0.5) is 4.39 Å². The molecule has 0 saturated heterocycles. The first kappa shape index (κ1) is 17.4. The summed E-state index contributed by atoms with van der Waals surface area (Å²) in [4.78, 5) is 22.7. The molecule has 2 heterocycles. The zero-order chi connectivity index (χ0) is 17.9. The van der Waals surface area contributed by atoms with Crippen molar-refractivity contribution in [3.05, 3.63) is 61.0 Å².